The number of rotatable bonds is 5. The highest BCUT2D eigenvalue weighted by atomic mass is 32.2. The maximum atomic E-state index is 12.7. The van der Waals surface area contributed by atoms with Crippen LogP contribution in [0.25, 0.3) is 10.2 Å². The number of esters is 1. The van der Waals surface area contributed by atoms with Crippen LogP contribution < -0.4 is 4.80 Å². The Kier molecular flexibility index (Phi) is 5.24. The van der Waals surface area contributed by atoms with E-state index in [1.54, 1.807) is 23.6 Å². The molecule has 0 amide bonds. The van der Waals surface area contributed by atoms with Crippen LogP contribution in [0.3, 0.4) is 0 Å². The van der Waals surface area contributed by atoms with Crippen molar-refractivity contribution in [2.24, 2.45) is 4.40 Å². The van der Waals surface area contributed by atoms with Crippen molar-refractivity contribution in [2.75, 3.05) is 6.61 Å². The summed E-state index contributed by atoms with van der Waals surface area (Å²) in [4.78, 5) is 12.3. The zero-order valence-corrected chi connectivity index (χ0v) is 16.0. The summed E-state index contributed by atoms with van der Waals surface area (Å²) in [7, 11) is -3.89. The van der Waals surface area contributed by atoms with Crippen molar-refractivity contribution in [3.8, 4) is 0 Å². The van der Waals surface area contributed by atoms with E-state index < -0.39 is 16.0 Å². The molecular weight excluding hydrogens is 372 g/mol. The average molecular weight is 390 g/mol. The number of hydrogen-bond acceptors (Lipinski definition) is 5. The predicted molar refractivity (Wildman–Crippen MR) is 100 cm³/mol. The van der Waals surface area contributed by atoms with Crippen molar-refractivity contribution < 1.29 is 17.9 Å². The highest BCUT2D eigenvalue weighted by Gasteiger charge is 2.16. The first-order valence-corrected chi connectivity index (χ1v) is 10.3. The lowest BCUT2D eigenvalue weighted by atomic mass is 10.2. The second kappa shape index (κ2) is 7.43. The number of aryl methyl sites for hydroxylation is 1. The Morgan fingerprint density at radius 1 is 1.15 bits per heavy atom. The molecule has 3 rings (SSSR count). The number of ether oxygens (including phenoxy) is 1. The van der Waals surface area contributed by atoms with Crippen molar-refractivity contribution in [3.63, 3.8) is 0 Å². The molecule has 0 fully saturated rings. The van der Waals surface area contributed by atoms with Crippen LogP contribution in [0, 0.1) is 6.92 Å². The Morgan fingerprint density at radius 3 is 2.54 bits per heavy atom. The summed E-state index contributed by atoms with van der Waals surface area (Å²) in [6, 6.07) is 13.9. The van der Waals surface area contributed by atoms with Gasteiger partial charge in [-0.2, -0.15) is 8.42 Å². The molecule has 3 aromatic rings. The number of aromatic nitrogens is 1. The third kappa shape index (κ3) is 3.86. The van der Waals surface area contributed by atoms with Gasteiger partial charge in [-0.05, 0) is 38.1 Å². The van der Waals surface area contributed by atoms with Crippen LogP contribution in [0.5, 0.6) is 0 Å². The topological polar surface area (TPSA) is 77.7 Å². The number of benzene rings is 2. The summed E-state index contributed by atoms with van der Waals surface area (Å²) in [5.74, 6) is -0.440. The quantitative estimate of drug-likeness (QED) is 0.628. The van der Waals surface area contributed by atoms with E-state index in [1.165, 1.54) is 23.5 Å². The highest BCUT2D eigenvalue weighted by Crippen LogP contribution is 2.18. The standard InChI is InChI=1S/C18H18N2O4S2/c1-3-24-17(21)12-20-15-6-4-5-7-16(15)25-18(20)19-26(22,23)14-10-8-13(2)9-11-14/h4-11H,3,12H2,1-2H3. The molecule has 0 unspecified atom stereocenters. The minimum absolute atomic E-state index is 0.0971. The summed E-state index contributed by atoms with van der Waals surface area (Å²) in [6.07, 6.45) is 0. The van der Waals surface area contributed by atoms with Gasteiger partial charge in [0.15, 0.2) is 0 Å². The molecule has 26 heavy (non-hydrogen) atoms. The molecule has 1 heterocycles. The van der Waals surface area contributed by atoms with Gasteiger partial charge in [-0.3, -0.25) is 4.79 Å². The fraction of sp³-hybridized carbons (Fsp3) is 0.222. The van der Waals surface area contributed by atoms with Crippen LogP contribution in [0.4, 0.5) is 0 Å². The normalized spacial score (nSPS) is 12.5. The van der Waals surface area contributed by atoms with E-state index in [4.69, 9.17) is 4.74 Å². The van der Waals surface area contributed by atoms with Gasteiger partial charge in [0.25, 0.3) is 10.0 Å². The first kappa shape index (κ1) is 18.3. The minimum atomic E-state index is -3.89. The van der Waals surface area contributed by atoms with Crippen LogP contribution in [-0.2, 0) is 26.1 Å². The van der Waals surface area contributed by atoms with Gasteiger partial charge in [-0.25, -0.2) is 0 Å². The summed E-state index contributed by atoms with van der Waals surface area (Å²) < 4.78 is 36.7. The van der Waals surface area contributed by atoms with E-state index in [2.05, 4.69) is 4.40 Å². The molecule has 0 atom stereocenters. The number of fused-ring (bicyclic) bond motifs is 1. The fourth-order valence-corrected chi connectivity index (χ4v) is 4.68. The molecule has 0 N–H and O–H groups in total. The average Bonchev–Trinajstić information content (AvgIpc) is 2.92. The maximum Gasteiger partial charge on any atom is 0.326 e. The van der Waals surface area contributed by atoms with Crippen LogP contribution in [-0.4, -0.2) is 25.6 Å². The van der Waals surface area contributed by atoms with Gasteiger partial charge in [0.1, 0.15) is 6.54 Å². The lowest BCUT2D eigenvalue weighted by Crippen LogP contribution is -2.23. The Morgan fingerprint density at radius 2 is 1.85 bits per heavy atom. The lowest BCUT2D eigenvalue weighted by molar-refractivity contribution is -0.143. The monoisotopic (exact) mass is 390 g/mol. The molecule has 0 radical (unpaired) electrons. The predicted octanol–water partition coefficient (Wildman–Crippen LogP) is 2.86. The van der Waals surface area contributed by atoms with E-state index in [0.29, 0.717) is 0 Å². The first-order valence-electron chi connectivity index (χ1n) is 8.02. The van der Waals surface area contributed by atoms with E-state index in [9.17, 15) is 13.2 Å². The van der Waals surface area contributed by atoms with Crippen molar-refractivity contribution in [2.45, 2.75) is 25.3 Å². The molecule has 0 spiro atoms. The third-order valence-corrected chi connectivity index (χ3v) is 6.15. The second-order valence-electron chi connectivity index (χ2n) is 5.62. The van der Waals surface area contributed by atoms with E-state index in [-0.39, 0.29) is 22.8 Å². The van der Waals surface area contributed by atoms with Crippen molar-refractivity contribution in [1.82, 2.24) is 4.57 Å². The van der Waals surface area contributed by atoms with Gasteiger partial charge in [-0.1, -0.05) is 41.2 Å². The maximum absolute atomic E-state index is 12.7. The largest absolute Gasteiger partial charge is 0.465 e. The summed E-state index contributed by atoms with van der Waals surface area (Å²) in [6.45, 7) is 3.77. The molecule has 0 aliphatic rings. The molecule has 0 aliphatic heterocycles. The third-order valence-electron chi connectivity index (χ3n) is 3.70. The molecule has 6 nitrogen and oxygen atoms in total. The molecule has 0 saturated heterocycles. The molecule has 8 heteroatoms. The van der Waals surface area contributed by atoms with Crippen LogP contribution in [0.1, 0.15) is 12.5 Å². The van der Waals surface area contributed by atoms with Gasteiger partial charge in [0.05, 0.1) is 21.7 Å². The molecule has 0 aliphatic carbocycles. The number of thiazole rings is 1. The highest BCUT2D eigenvalue weighted by molar-refractivity contribution is 7.90. The molecular formula is C18H18N2O4S2. The molecule has 136 valence electrons. The zero-order chi connectivity index (χ0) is 18.7. The smallest absolute Gasteiger partial charge is 0.326 e. The van der Waals surface area contributed by atoms with Gasteiger partial charge < -0.3 is 9.30 Å². The Labute approximate surface area is 155 Å². The zero-order valence-electron chi connectivity index (χ0n) is 14.4. The van der Waals surface area contributed by atoms with Gasteiger partial charge >= 0.3 is 5.97 Å². The fourth-order valence-electron chi connectivity index (χ4n) is 2.45. The molecule has 0 saturated carbocycles. The second-order valence-corrected chi connectivity index (χ2v) is 8.24. The van der Waals surface area contributed by atoms with Gasteiger partial charge in [0.2, 0.25) is 4.80 Å². The number of carbonyl (C=O) groups excluding carboxylic acids is 1. The van der Waals surface area contributed by atoms with Crippen LogP contribution in [0.15, 0.2) is 57.8 Å². The molecule has 2 aromatic carbocycles. The number of para-hydroxylation sites is 1. The van der Waals surface area contributed by atoms with E-state index in [0.717, 1.165) is 15.8 Å². The lowest BCUT2D eigenvalue weighted by Gasteiger charge is -2.05. The van der Waals surface area contributed by atoms with Crippen molar-refractivity contribution in [3.05, 3.63) is 58.9 Å². The SMILES string of the molecule is CCOC(=O)Cn1c(=NS(=O)(=O)c2ccc(C)cc2)sc2ccccc21. The van der Waals surface area contributed by atoms with Crippen molar-refractivity contribution in [1.29, 1.82) is 0 Å². The Bertz CT molecular complexity index is 1110. The molecule has 1 aromatic heterocycles. The summed E-state index contributed by atoms with van der Waals surface area (Å²) >= 11 is 1.22. The van der Waals surface area contributed by atoms with Crippen molar-refractivity contribution >= 4 is 37.5 Å². The molecule has 0 bridgehead atoms. The Hall–Kier alpha value is -2.45. The van der Waals surface area contributed by atoms with Crippen LogP contribution >= 0.6 is 11.3 Å². The number of hydrogen-bond donors (Lipinski definition) is 0. The number of nitrogens with zero attached hydrogens (tertiary/aromatic N) is 2. The number of sulfonamides is 1. The summed E-state index contributed by atoms with van der Waals surface area (Å²) in [5, 5.41) is 0. The van der Waals surface area contributed by atoms with Gasteiger partial charge in [0, 0.05) is 0 Å². The summed E-state index contributed by atoms with van der Waals surface area (Å²) in [5.41, 5.74) is 1.70. The first-order chi connectivity index (χ1) is 12.4. The van der Waals surface area contributed by atoms with Crippen LogP contribution in [0.2, 0.25) is 0 Å². The van der Waals surface area contributed by atoms with Gasteiger partial charge in [-0.15, -0.1) is 4.40 Å². The Balaban J connectivity index is 2.15. The minimum Gasteiger partial charge on any atom is -0.465 e. The van der Waals surface area contributed by atoms with E-state index in [1.807, 2.05) is 31.2 Å². The number of carbonyl (C=O) groups is 1. The van der Waals surface area contributed by atoms with E-state index >= 15 is 0 Å².